The monoisotopic (exact) mass is 286 g/mol. The van der Waals surface area contributed by atoms with Crippen LogP contribution in [0.5, 0.6) is 0 Å². The maximum Gasteiger partial charge on any atom is 0.0457 e. The first kappa shape index (κ1) is 13.3. The maximum atomic E-state index is 6.30. The predicted molar refractivity (Wildman–Crippen MR) is 86.3 cm³/mol. The van der Waals surface area contributed by atoms with Crippen LogP contribution in [0.3, 0.4) is 0 Å². The van der Waals surface area contributed by atoms with Gasteiger partial charge < -0.3 is 10.6 Å². The molecule has 2 N–H and O–H groups in total. The molecule has 0 amide bonds. The second-order valence-corrected chi connectivity index (χ2v) is 5.77. The zero-order chi connectivity index (χ0) is 13.9. The van der Waals surface area contributed by atoms with E-state index in [1.165, 1.54) is 24.1 Å². The third kappa shape index (κ3) is 2.75. The van der Waals surface area contributed by atoms with Gasteiger partial charge in [-0.25, -0.2) is 0 Å². The lowest BCUT2D eigenvalue weighted by molar-refractivity contribution is 0.714. The molecule has 1 aliphatic heterocycles. The highest BCUT2D eigenvalue weighted by Crippen LogP contribution is 2.29. The zero-order valence-electron chi connectivity index (χ0n) is 11.5. The molecule has 2 aromatic carbocycles. The number of anilines is 2. The molecule has 0 aliphatic carbocycles. The van der Waals surface area contributed by atoms with Gasteiger partial charge in [-0.1, -0.05) is 29.8 Å². The molecule has 0 radical (unpaired) electrons. The molecule has 20 heavy (non-hydrogen) atoms. The van der Waals surface area contributed by atoms with Gasteiger partial charge in [-0.15, -0.1) is 0 Å². The number of aryl methyl sites for hydroxylation is 1. The Morgan fingerprint density at radius 2 is 1.95 bits per heavy atom. The van der Waals surface area contributed by atoms with E-state index in [4.69, 9.17) is 17.3 Å². The Morgan fingerprint density at radius 3 is 2.85 bits per heavy atom. The van der Waals surface area contributed by atoms with Crippen molar-refractivity contribution in [3.05, 3.63) is 58.6 Å². The molecular formula is C17H19ClN2. The van der Waals surface area contributed by atoms with Crippen molar-refractivity contribution in [1.29, 1.82) is 0 Å². The number of nitrogens with zero attached hydrogens (tertiary/aromatic N) is 1. The van der Waals surface area contributed by atoms with Gasteiger partial charge in [0.1, 0.15) is 0 Å². The number of nitrogen functional groups attached to an aromatic ring is 1. The summed E-state index contributed by atoms with van der Waals surface area (Å²) in [6.07, 6.45) is 3.63. The highest BCUT2D eigenvalue weighted by molar-refractivity contribution is 6.31. The van der Waals surface area contributed by atoms with Gasteiger partial charge in [-0.05, 0) is 54.7 Å². The fraction of sp³-hybridized carbons (Fsp3) is 0.294. The van der Waals surface area contributed by atoms with Crippen molar-refractivity contribution in [3.8, 4) is 0 Å². The molecule has 0 bridgehead atoms. The fourth-order valence-corrected chi connectivity index (χ4v) is 3.03. The Labute approximate surface area is 125 Å². The molecule has 3 heteroatoms. The quantitative estimate of drug-likeness (QED) is 0.836. The second-order valence-electron chi connectivity index (χ2n) is 5.36. The van der Waals surface area contributed by atoms with Crippen molar-refractivity contribution in [3.63, 3.8) is 0 Å². The Morgan fingerprint density at radius 1 is 1.10 bits per heavy atom. The van der Waals surface area contributed by atoms with Gasteiger partial charge in [-0.3, -0.25) is 0 Å². The lowest BCUT2D eigenvalue weighted by atomic mass is 10.1. The van der Waals surface area contributed by atoms with Gasteiger partial charge in [0.05, 0.1) is 0 Å². The Balaban J connectivity index is 1.92. The number of halogens is 1. The van der Waals surface area contributed by atoms with Gasteiger partial charge in [-0.2, -0.15) is 0 Å². The third-order valence-corrected chi connectivity index (χ3v) is 4.26. The lowest BCUT2D eigenvalue weighted by Gasteiger charge is -2.25. The van der Waals surface area contributed by atoms with Crippen LogP contribution in [-0.4, -0.2) is 6.54 Å². The standard InChI is InChI=1S/C17H19ClN2/c18-16-9-8-15(19)11-14(16)12-20-10-4-3-6-13-5-1-2-7-17(13)20/h1-2,5,7-9,11H,3-4,6,10,12,19H2. The van der Waals surface area contributed by atoms with Crippen molar-refractivity contribution in [2.24, 2.45) is 0 Å². The van der Waals surface area contributed by atoms with E-state index in [0.717, 1.165) is 35.8 Å². The summed E-state index contributed by atoms with van der Waals surface area (Å²) < 4.78 is 0. The van der Waals surface area contributed by atoms with Crippen molar-refractivity contribution in [1.82, 2.24) is 0 Å². The van der Waals surface area contributed by atoms with Crippen LogP contribution in [0.4, 0.5) is 11.4 Å². The van der Waals surface area contributed by atoms with Crippen molar-refractivity contribution in [2.45, 2.75) is 25.8 Å². The van der Waals surface area contributed by atoms with E-state index in [-0.39, 0.29) is 0 Å². The molecule has 104 valence electrons. The van der Waals surface area contributed by atoms with Gasteiger partial charge in [0.15, 0.2) is 0 Å². The minimum atomic E-state index is 0.771. The van der Waals surface area contributed by atoms with E-state index < -0.39 is 0 Å². The van der Waals surface area contributed by atoms with Gasteiger partial charge in [0.25, 0.3) is 0 Å². The summed E-state index contributed by atoms with van der Waals surface area (Å²) in [5.74, 6) is 0. The summed E-state index contributed by atoms with van der Waals surface area (Å²) in [5, 5.41) is 0.793. The number of para-hydroxylation sites is 1. The van der Waals surface area contributed by atoms with Crippen LogP contribution in [0.2, 0.25) is 5.02 Å². The molecule has 2 nitrogen and oxygen atoms in total. The Bertz CT molecular complexity index is 610. The molecule has 0 unspecified atom stereocenters. The van der Waals surface area contributed by atoms with Crippen molar-refractivity contribution >= 4 is 23.0 Å². The molecule has 0 aromatic heterocycles. The molecule has 2 aromatic rings. The first-order valence-electron chi connectivity index (χ1n) is 7.11. The van der Waals surface area contributed by atoms with E-state index in [2.05, 4.69) is 29.2 Å². The number of fused-ring (bicyclic) bond motifs is 1. The summed E-state index contributed by atoms with van der Waals surface area (Å²) in [7, 11) is 0. The number of rotatable bonds is 2. The smallest absolute Gasteiger partial charge is 0.0457 e. The molecule has 1 heterocycles. The average Bonchev–Trinajstić information content (AvgIpc) is 2.66. The van der Waals surface area contributed by atoms with Gasteiger partial charge in [0, 0.05) is 29.5 Å². The van der Waals surface area contributed by atoms with Gasteiger partial charge >= 0.3 is 0 Å². The number of benzene rings is 2. The van der Waals surface area contributed by atoms with E-state index in [1.807, 2.05) is 18.2 Å². The second kappa shape index (κ2) is 5.76. The first-order valence-corrected chi connectivity index (χ1v) is 7.48. The maximum absolute atomic E-state index is 6.30. The van der Waals surface area contributed by atoms with Crippen molar-refractivity contribution < 1.29 is 0 Å². The zero-order valence-corrected chi connectivity index (χ0v) is 12.2. The first-order chi connectivity index (χ1) is 9.74. The predicted octanol–water partition coefficient (Wildman–Crippen LogP) is 4.27. The van der Waals surface area contributed by atoms with E-state index >= 15 is 0 Å². The van der Waals surface area contributed by atoms with Crippen LogP contribution in [0.15, 0.2) is 42.5 Å². The normalized spacial score (nSPS) is 14.8. The fourth-order valence-electron chi connectivity index (χ4n) is 2.85. The van der Waals surface area contributed by atoms with Crippen LogP contribution in [-0.2, 0) is 13.0 Å². The topological polar surface area (TPSA) is 29.3 Å². The van der Waals surface area contributed by atoms with Crippen LogP contribution < -0.4 is 10.6 Å². The largest absolute Gasteiger partial charge is 0.399 e. The summed E-state index contributed by atoms with van der Waals surface area (Å²) in [4.78, 5) is 2.42. The summed E-state index contributed by atoms with van der Waals surface area (Å²) >= 11 is 6.30. The third-order valence-electron chi connectivity index (χ3n) is 3.89. The molecule has 1 aliphatic rings. The molecule has 0 atom stereocenters. The van der Waals surface area contributed by atoms with Crippen LogP contribution in [0, 0.1) is 0 Å². The van der Waals surface area contributed by atoms with E-state index in [1.54, 1.807) is 0 Å². The lowest BCUT2D eigenvalue weighted by Crippen LogP contribution is -2.23. The van der Waals surface area contributed by atoms with Gasteiger partial charge in [0.2, 0.25) is 0 Å². The summed E-state index contributed by atoms with van der Waals surface area (Å²) in [6, 6.07) is 14.4. The van der Waals surface area contributed by atoms with E-state index in [0.29, 0.717) is 0 Å². The highest BCUT2D eigenvalue weighted by atomic mass is 35.5. The molecule has 0 saturated heterocycles. The number of hydrogen-bond donors (Lipinski definition) is 1. The molecular weight excluding hydrogens is 268 g/mol. The molecule has 3 rings (SSSR count). The molecule has 0 fully saturated rings. The van der Waals surface area contributed by atoms with Crippen LogP contribution in [0.25, 0.3) is 0 Å². The summed E-state index contributed by atoms with van der Waals surface area (Å²) in [6.45, 7) is 1.89. The van der Waals surface area contributed by atoms with Crippen LogP contribution in [0.1, 0.15) is 24.0 Å². The molecule has 0 saturated carbocycles. The van der Waals surface area contributed by atoms with Crippen LogP contribution >= 0.6 is 11.6 Å². The van der Waals surface area contributed by atoms with E-state index in [9.17, 15) is 0 Å². The minimum Gasteiger partial charge on any atom is -0.399 e. The highest BCUT2D eigenvalue weighted by Gasteiger charge is 2.16. The Hall–Kier alpha value is -1.67. The summed E-state index contributed by atoms with van der Waals surface area (Å²) in [5.41, 5.74) is 10.5. The average molecular weight is 287 g/mol. The van der Waals surface area contributed by atoms with Crippen molar-refractivity contribution in [2.75, 3.05) is 17.2 Å². The SMILES string of the molecule is Nc1ccc(Cl)c(CN2CCCCc3ccccc32)c1. The molecule has 0 spiro atoms. The minimum absolute atomic E-state index is 0.771. The number of hydrogen-bond acceptors (Lipinski definition) is 2. The number of nitrogens with two attached hydrogens (primary N) is 1. The Kier molecular flexibility index (Phi) is 3.83.